The molecule has 2 rings (SSSR count). The summed E-state index contributed by atoms with van der Waals surface area (Å²) in [6.45, 7) is 9.89. The van der Waals surface area contributed by atoms with Crippen LogP contribution in [0.5, 0.6) is 0 Å². The van der Waals surface area contributed by atoms with Crippen LogP contribution in [0.2, 0.25) is 0 Å². The van der Waals surface area contributed by atoms with Gasteiger partial charge in [-0.25, -0.2) is 0 Å². The summed E-state index contributed by atoms with van der Waals surface area (Å²) in [5.74, 6) is 0. The summed E-state index contributed by atoms with van der Waals surface area (Å²) in [6.07, 6.45) is 0. The topological polar surface area (TPSA) is 68.3 Å². The van der Waals surface area contributed by atoms with Crippen LogP contribution in [0.4, 0.5) is 0 Å². The average molecular weight is 639 g/mol. The van der Waals surface area contributed by atoms with Gasteiger partial charge < -0.3 is 0 Å². The van der Waals surface area contributed by atoms with Gasteiger partial charge in [0.15, 0.2) is 0 Å². The van der Waals surface area contributed by atoms with Gasteiger partial charge in [0.1, 0.15) is 0 Å². The van der Waals surface area contributed by atoms with Gasteiger partial charge in [0.25, 0.3) is 0 Å². The van der Waals surface area contributed by atoms with Crippen molar-refractivity contribution in [1.29, 1.82) is 0 Å². The van der Waals surface area contributed by atoms with E-state index in [1.807, 2.05) is 0 Å². The van der Waals surface area contributed by atoms with Gasteiger partial charge in [-0.05, 0) is 0 Å². The minimum atomic E-state index is -3.62. The van der Waals surface area contributed by atoms with E-state index in [0.29, 0.717) is 6.54 Å². The molecule has 2 aromatic rings. The Morgan fingerprint density at radius 2 is 0.929 bits per heavy atom. The van der Waals surface area contributed by atoms with Crippen LogP contribution in [0, 0.1) is 0 Å². The Bertz CT molecular complexity index is 992. The summed E-state index contributed by atoms with van der Waals surface area (Å²) in [5, 5.41) is 0. The Labute approximate surface area is 180 Å². The quantitative estimate of drug-likeness (QED) is 0.483. The molecule has 2 aromatic carbocycles. The Balaban J connectivity index is 2.75. The van der Waals surface area contributed by atoms with E-state index in [-0.39, 0.29) is 9.79 Å². The molecular weight excluding hydrogens is 613 g/mol. The first-order chi connectivity index (χ1) is 12.6. The molecule has 0 aliphatic heterocycles. The van der Waals surface area contributed by atoms with Crippen molar-refractivity contribution in [2.45, 2.75) is 60.8 Å². The van der Waals surface area contributed by atoms with Gasteiger partial charge in [-0.1, -0.05) is 0 Å². The number of halogens is 1. The molecule has 0 aliphatic rings. The van der Waals surface area contributed by atoms with Crippen molar-refractivity contribution in [2.24, 2.45) is 0 Å². The van der Waals surface area contributed by atoms with Crippen molar-refractivity contribution in [3.63, 3.8) is 0 Å². The van der Waals surface area contributed by atoms with Crippen molar-refractivity contribution < 1.29 is 16.8 Å². The SMILES string of the molecule is CC(C)(C)S(=O)(=O)c1cccc[c]1[Bi]([Cl])[c]1ccccc1S(=O)(=O)C(C)(C)C. The van der Waals surface area contributed by atoms with Crippen LogP contribution < -0.4 is 6.54 Å². The van der Waals surface area contributed by atoms with E-state index in [1.165, 1.54) is 0 Å². The standard InChI is InChI=1S/2C10H13O2S.Bi.ClH/c2*1-10(2,3)13(11,12)9-7-5-4-6-8-9;;/h2*4-7H,1-3H3;;1H/q;;+1;/p-1. The Kier molecular flexibility index (Phi) is 6.78. The molecule has 0 unspecified atom stereocenters. The molecule has 0 N–H and O–H groups in total. The number of hydrogen-bond donors (Lipinski definition) is 0. The first-order valence-corrected chi connectivity index (χ1v) is 19.5. The molecule has 0 aliphatic carbocycles. The molecule has 0 heterocycles. The molecule has 8 heteroatoms. The molecule has 0 saturated carbocycles. The second-order valence-electron chi connectivity index (χ2n) is 8.45. The summed E-state index contributed by atoms with van der Waals surface area (Å²) in [5.41, 5.74) is 0. The first-order valence-electron chi connectivity index (χ1n) is 8.75. The zero-order chi connectivity index (χ0) is 21.5. The molecular formula is C20H26BiClO4S2. The molecule has 0 amide bonds. The van der Waals surface area contributed by atoms with Crippen molar-refractivity contribution in [1.82, 2.24) is 0 Å². The Morgan fingerprint density at radius 1 is 0.643 bits per heavy atom. The van der Waals surface area contributed by atoms with Crippen LogP contribution in [0.3, 0.4) is 0 Å². The van der Waals surface area contributed by atoms with Crippen LogP contribution in [0.1, 0.15) is 41.5 Å². The van der Waals surface area contributed by atoms with Crippen LogP contribution in [0.15, 0.2) is 58.3 Å². The number of sulfone groups is 2. The van der Waals surface area contributed by atoms with E-state index in [4.69, 9.17) is 8.51 Å². The number of hydrogen-bond acceptors (Lipinski definition) is 4. The molecule has 154 valence electrons. The van der Waals surface area contributed by atoms with Gasteiger partial charge in [-0.3, -0.25) is 0 Å². The van der Waals surface area contributed by atoms with Crippen molar-refractivity contribution >= 4 is 55.3 Å². The van der Waals surface area contributed by atoms with Gasteiger partial charge in [0, 0.05) is 0 Å². The third-order valence-corrected chi connectivity index (χ3v) is 20.2. The summed E-state index contributed by atoms with van der Waals surface area (Å²) < 4.78 is 51.6. The fourth-order valence-electron chi connectivity index (χ4n) is 2.48. The van der Waals surface area contributed by atoms with Crippen molar-refractivity contribution in [3.05, 3.63) is 48.5 Å². The number of rotatable bonds is 4. The van der Waals surface area contributed by atoms with Gasteiger partial charge >= 0.3 is 181 Å². The molecule has 0 radical (unpaired) electrons. The maximum absolute atomic E-state index is 13.1. The van der Waals surface area contributed by atoms with Gasteiger partial charge in [0.2, 0.25) is 0 Å². The fraction of sp³-hybridized carbons (Fsp3) is 0.400. The van der Waals surface area contributed by atoms with E-state index in [0.717, 1.165) is 0 Å². The molecule has 0 saturated heterocycles. The second-order valence-corrected chi connectivity index (χ2v) is 22.7. The third kappa shape index (κ3) is 4.33. The van der Waals surface area contributed by atoms with Crippen molar-refractivity contribution in [2.75, 3.05) is 0 Å². The van der Waals surface area contributed by atoms with Gasteiger partial charge in [0.05, 0.1) is 0 Å². The van der Waals surface area contributed by atoms with Crippen LogP contribution >= 0.6 is 8.51 Å². The van der Waals surface area contributed by atoms with Crippen LogP contribution in [-0.4, -0.2) is 46.9 Å². The predicted octanol–water partition coefficient (Wildman–Crippen LogP) is 3.18. The van der Waals surface area contributed by atoms with E-state index in [9.17, 15) is 16.8 Å². The molecule has 0 spiro atoms. The Hall–Kier alpha value is -0.487. The molecule has 0 atom stereocenters. The zero-order valence-corrected chi connectivity index (χ0v) is 22.8. The maximum atomic E-state index is 13.1. The molecule has 0 bridgehead atoms. The summed E-state index contributed by atoms with van der Waals surface area (Å²) >= 11 is -3.42. The van der Waals surface area contributed by atoms with E-state index in [1.54, 1.807) is 90.1 Å². The van der Waals surface area contributed by atoms with Crippen LogP contribution in [0.25, 0.3) is 0 Å². The molecule has 28 heavy (non-hydrogen) atoms. The predicted molar refractivity (Wildman–Crippen MR) is 118 cm³/mol. The summed E-state index contributed by atoms with van der Waals surface area (Å²) in [6, 6.07) is 13.4. The summed E-state index contributed by atoms with van der Waals surface area (Å²) in [4.78, 5) is 0.413. The van der Waals surface area contributed by atoms with Crippen molar-refractivity contribution in [3.8, 4) is 0 Å². The van der Waals surface area contributed by atoms with E-state index >= 15 is 0 Å². The van der Waals surface area contributed by atoms with E-state index < -0.39 is 49.7 Å². The minimum absolute atomic E-state index is 0.207. The fourth-order valence-corrected chi connectivity index (χ4v) is 17.7. The van der Waals surface area contributed by atoms with E-state index in [2.05, 4.69) is 0 Å². The van der Waals surface area contributed by atoms with Gasteiger partial charge in [-0.15, -0.1) is 0 Å². The number of benzene rings is 2. The third-order valence-electron chi connectivity index (χ3n) is 4.34. The second kappa shape index (κ2) is 7.98. The molecule has 0 fully saturated rings. The van der Waals surface area contributed by atoms with Crippen LogP contribution in [-0.2, 0) is 19.7 Å². The Morgan fingerprint density at radius 3 is 1.21 bits per heavy atom. The normalized spacial score (nSPS) is 13.7. The average Bonchev–Trinajstić information content (AvgIpc) is 2.59. The zero-order valence-electron chi connectivity index (χ0n) is 16.9. The monoisotopic (exact) mass is 638 g/mol. The summed E-state index contributed by atoms with van der Waals surface area (Å²) in [7, 11) is -0.311. The molecule has 4 nitrogen and oxygen atoms in total. The van der Waals surface area contributed by atoms with Gasteiger partial charge in [-0.2, -0.15) is 0 Å². The molecule has 0 aromatic heterocycles. The first kappa shape index (κ1) is 23.8.